The number of benzene rings is 1. The molecule has 21 heavy (non-hydrogen) atoms. The first-order chi connectivity index (χ1) is 10.3. The van der Waals surface area contributed by atoms with Crippen molar-refractivity contribution in [3.63, 3.8) is 0 Å². The Hall–Kier alpha value is -2.07. The number of aliphatic hydroxyl groups is 1. The van der Waals surface area contributed by atoms with Gasteiger partial charge in [0.2, 0.25) is 0 Å². The molecule has 2 heterocycles. The van der Waals surface area contributed by atoms with E-state index in [1.54, 1.807) is 6.26 Å². The summed E-state index contributed by atoms with van der Waals surface area (Å²) in [6, 6.07) is 11.6. The van der Waals surface area contributed by atoms with Crippen molar-refractivity contribution in [3.05, 3.63) is 48.4 Å². The largest absolute Gasteiger partial charge is 0.459 e. The molecule has 0 saturated carbocycles. The Morgan fingerprint density at radius 3 is 2.86 bits per heavy atom. The molecule has 0 spiro atoms. The molecule has 0 bridgehead atoms. The summed E-state index contributed by atoms with van der Waals surface area (Å²) < 4.78 is 5.45. The van der Waals surface area contributed by atoms with Crippen molar-refractivity contribution in [1.82, 2.24) is 4.90 Å². The maximum atomic E-state index is 12.6. The van der Waals surface area contributed by atoms with Crippen LogP contribution in [0, 0.1) is 5.92 Å². The monoisotopic (exact) mass is 285 g/mol. The van der Waals surface area contributed by atoms with Gasteiger partial charge in [-0.3, -0.25) is 4.79 Å². The molecule has 4 nitrogen and oxygen atoms in total. The Balaban J connectivity index is 1.79. The van der Waals surface area contributed by atoms with Gasteiger partial charge in [-0.15, -0.1) is 0 Å². The third-order valence-corrected chi connectivity index (χ3v) is 4.05. The third kappa shape index (κ3) is 2.85. The minimum atomic E-state index is -0.0562. The number of furan rings is 1. The van der Waals surface area contributed by atoms with Gasteiger partial charge in [0.15, 0.2) is 5.76 Å². The lowest BCUT2D eigenvalue weighted by Gasteiger charge is -2.15. The van der Waals surface area contributed by atoms with Gasteiger partial charge in [-0.05, 0) is 30.4 Å². The molecule has 1 aliphatic rings. The fraction of sp³-hybridized carbons (Fsp3) is 0.353. The number of rotatable bonds is 4. The molecule has 1 aromatic carbocycles. The molecule has 1 aromatic heterocycles. The zero-order valence-electron chi connectivity index (χ0n) is 11.9. The van der Waals surface area contributed by atoms with E-state index in [0.717, 1.165) is 30.5 Å². The Kier molecular flexibility index (Phi) is 4.06. The number of aliphatic hydroxyl groups excluding tert-OH is 1. The van der Waals surface area contributed by atoms with Gasteiger partial charge in [-0.1, -0.05) is 30.3 Å². The average Bonchev–Trinajstić information content (AvgIpc) is 3.17. The summed E-state index contributed by atoms with van der Waals surface area (Å²) in [6.07, 6.45) is 3.28. The van der Waals surface area contributed by atoms with Gasteiger partial charge in [-0.25, -0.2) is 0 Å². The van der Waals surface area contributed by atoms with Crippen molar-refractivity contribution in [1.29, 1.82) is 0 Å². The second kappa shape index (κ2) is 6.14. The summed E-state index contributed by atoms with van der Waals surface area (Å²) in [5.74, 6) is 0.749. The summed E-state index contributed by atoms with van der Waals surface area (Å²) in [5.41, 5.74) is 1.83. The minimum absolute atomic E-state index is 0.0562. The molecule has 1 aliphatic heterocycles. The highest BCUT2D eigenvalue weighted by Crippen LogP contribution is 2.28. The van der Waals surface area contributed by atoms with Crippen LogP contribution in [0.25, 0.3) is 11.1 Å². The molecular weight excluding hydrogens is 266 g/mol. The van der Waals surface area contributed by atoms with E-state index >= 15 is 0 Å². The standard InChI is InChI=1S/C17H19NO3/c19-10-7-13-6-9-18(12-13)17(20)16-15(8-11-21-16)14-4-2-1-3-5-14/h1-5,8,11,13,19H,6-7,9-10,12H2. The van der Waals surface area contributed by atoms with Crippen LogP contribution in [0.1, 0.15) is 23.4 Å². The minimum Gasteiger partial charge on any atom is -0.459 e. The van der Waals surface area contributed by atoms with Crippen molar-refractivity contribution in [2.24, 2.45) is 5.92 Å². The van der Waals surface area contributed by atoms with E-state index in [4.69, 9.17) is 9.52 Å². The first kappa shape index (κ1) is 13.9. The van der Waals surface area contributed by atoms with Crippen LogP contribution in [0.4, 0.5) is 0 Å². The lowest BCUT2D eigenvalue weighted by molar-refractivity contribution is 0.0754. The molecule has 0 aliphatic carbocycles. The third-order valence-electron chi connectivity index (χ3n) is 4.05. The molecule has 1 atom stereocenters. The smallest absolute Gasteiger partial charge is 0.290 e. The Bertz CT molecular complexity index is 606. The van der Waals surface area contributed by atoms with Crippen molar-refractivity contribution >= 4 is 5.91 Å². The predicted molar refractivity (Wildman–Crippen MR) is 79.9 cm³/mol. The molecule has 1 saturated heterocycles. The quantitative estimate of drug-likeness (QED) is 0.939. The maximum Gasteiger partial charge on any atom is 0.290 e. The first-order valence-corrected chi connectivity index (χ1v) is 7.32. The fourth-order valence-electron chi connectivity index (χ4n) is 2.90. The van der Waals surface area contributed by atoms with Crippen LogP contribution in [-0.2, 0) is 0 Å². The molecular formula is C17H19NO3. The van der Waals surface area contributed by atoms with E-state index < -0.39 is 0 Å². The Morgan fingerprint density at radius 2 is 2.10 bits per heavy atom. The summed E-state index contributed by atoms with van der Waals surface area (Å²) >= 11 is 0. The second-order valence-corrected chi connectivity index (χ2v) is 5.45. The molecule has 1 unspecified atom stereocenters. The van der Waals surface area contributed by atoms with E-state index in [1.807, 2.05) is 41.3 Å². The van der Waals surface area contributed by atoms with Gasteiger partial charge < -0.3 is 14.4 Å². The average molecular weight is 285 g/mol. The van der Waals surface area contributed by atoms with Crippen molar-refractivity contribution in [2.45, 2.75) is 12.8 Å². The van der Waals surface area contributed by atoms with Crippen LogP contribution in [0.5, 0.6) is 0 Å². The van der Waals surface area contributed by atoms with E-state index in [1.165, 1.54) is 0 Å². The van der Waals surface area contributed by atoms with Gasteiger partial charge in [0, 0.05) is 25.3 Å². The number of carbonyl (C=O) groups is 1. The number of amides is 1. The number of hydrogen-bond donors (Lipinski definition) is 1. The topological polar surface area (TPSA) is 53.7 Å². The molecule has 3 rings (SSSR count). The first-order valence-electron chi connectivity index (χ1n) is 7.32. The maximum absolute atomic E-state index is 12.6. The molecule has 0 radical (unpaired) electrons. The summed E-state index contributed by atoms with van der Waals surface area (Å²) in [7, 11) is 0. The van der Waals surface area contributed by atoms with Gasteiger partial charge in [-0.2, -0.15) is 0 Å². The lowest BCUT2D eigenvalue weighted by atomic mass is 10.1. The second-order valence-electron chi connectivity index (χ2n) is 5.45. The van der Waals surface area contributed by atoms with Crippen LogP contribution in [0.2, 0.25) is 0 Å². The van der Waals surface area contributed by atoms with Gasteiger partial charge in [0.1, 0.15) is 0 Å². The van der Waals surface area contributed by atoms with Gasteiger partial charge in [0.05, 0.1) is 6.26 Å². The molecule has 1 N–H and O–H groups in total. The van der Waals surface area contributed by atoms with Crippen LogP contribution < -0.4 is 0 Å². The molecule has 1 fully saturated rings. The number of hydrogen-bond acceptors (Lipinski definition) is 3. The number of carbonyl (C=O) groups excluding carboxylic acids is 1. The van der Waals surface area contributed by atoms with Crippen molar-refractivity contribution in [3.8, 4) is 11.1 Å². The van der Waals surface area contributed by atoms with E-state index in [-0.39, 0.29) is 12.5 Å². The van der Waals surface area contributed by atoms with E-state index in [0.29, 0.717) is 18.2 Å². The summed E-state index contributed by atoms with van der Waals surface area (Å²) in [4.78, 5) is 14.4. The van der Waals surface area contributed by atoms with Crippen LogP contribution in [-0.4, -0.2) is 35.6 Å². The molecule has 110 valence electrons. The summed E-state index contributed by atoms with van der Waals surface area (Å²) in [6.45, 7) is 1.62. The Labute approximate surface area is 124 Å². The lowest BCUT2D eigenvalue weighted by Crippen LogP contribution is -2.28. The SMILES string of the molecule is O=C(c1occc1-c1ccccc1)N1CCC(CCO)C1. The van der Waals surface area contributed by atoms with Crippen molar-refractivity contribution < 1.29 is 14.3 Å². The highest BCUT2D eigenvalue weighted by Gasteiger charge is 2.29. The van der Waals surface area contributed by atoms with Crippen LogP contribution in [0.3, 0.4) is 0 Å². The van der Waals surface area contributed by atoms with Crippen LogP contribution >= 0.6 is 0 Å². The zero-order chi connectivity index (χ0) is 14.7. The fourth-order valence-corrected chi connectivity index (χ4v) is 2.90. The van der Waals surface area contributed by atoms with E-state index in [9.17, 15) is 4.79 Å². The predicted octanol–water partition coefficient (Wildman–Crippen LogP) is 2.79. The van der Waals surface area contributed by atoms with E-state index in [2.05, 4.69) is 0 Å². The highest BCUT2D eigenvalue weighted by atomic mass is 16.3. The molecule has 4 heteroatoms. The highest BCUT2D eigenvalue weighted by molar-refractivity contribution is 5.98. The van der Waals surface area contributed by atoms with Crippen LogP contribution in [0.15, 0.2) is 47.1 Å². The number of likely N-dealkylation sites (tertiary alicyclic amines) is 1. The van der Waals surface area contributed by atoms with Gasteiger partial charge >= 0.3 is 0 Å². The molecule has 1 amide bonds. The Morgan fingerprint density at radius 1 is 1.29 bits per heavy atom. The molecule has 2 aromatic rings. The summed E-state index contributed by atoms with van der Waals surface area (Å²) in [5, 5.41) is 9.01. The van der Waals surface area contributed by atoms with Gasteiger partial charge in [0.25, 0.3) is 5.91 Å². The van der Waals surface area contributed by atoms with Crippen molar-refractivity contribution in [2.75, 3.05) is 19.7 Å². The zero-order valence-corrected chi connectivity index (χ0v) is 11.9. The number of nitrogens with zero attached hydrogens (tertiary/aromatic N) is 1. The normalized spacial score (nSPS) is 18.1.